The maximum Gasteiger partial charge on any atom is 0.251 e. The molecule has 3 heterocycles. The van der Waals surface area contributed by atoms with Gasteiger partial charge in [0.25, 0.3) is 5.56 Å². The largest absolute Gasteiger partial charge is 0.349 e. The van der Waals surface area contributed by atoms with Crippen LogP contribution in [0.25, 0.3) is 0 Å². The molecule has 1 aromatic carbocycles. The van der Waals surface area contributed by atoms with E-state index in [9.17, 15) is 9.59 Å². The predicted molar refractivity (Wildman–Crippen MR) is 98.5 cm³/mol. The molecule has 0 bridgehead atoms. The summed E-state index contributed by atoms with van der Waals surface area (Å²) in [6.07, 6.45) is 3.06. The molecule has 2 saturated heterocycles. The number of hydrogen-bond acceptors (Lipinski definition) is 4. The summed E-state index contributed by atoms with van der Waals surface area (Å²) >= 11 is 0. The molecule has 3 atom stereocenters. The van der Waals surface area contributed by atoms with Crippen molar-refractivity contribution in [2.24, 2.45) is 5.92 Å². The summed E-state index contributed by atoms with van der Waals surface area (Å²) in [5.74, 6) is 0.549. The molecule has 0 unspecified atom stereocenters. The van der Waals surface area contributed by atoms with Gasteiger partial charge in [0.1, 0.15) is 5.82 Å². The second-order valence-electron chi connectivity index (χ2n) is 7.27. The van der Waals surface area contributed by atoms with E-state index in [4.69, 9.17) is 0 Å². The van der Waals surface area contributed by atoms with Crippen LogP contribution in [0.3, 0.4) is 0 Å². The lowest BCUT2D eigenvalue weighted by Gasteiger charge is -2.24. The van der Waals surface area contributed by atoms with Crippen molar-refractivity contribution in [2.45, 2.75) is 44.8 Å². The van der Waals surface area contributed by atoms with Crippen molar-refractivity contribution in [3.05, 3.63) is 63.8 Å². The Morgan fingerprint density at radius 3 is 2.92 bits per heavy atom. The number of carbonyl (C=O) groups is 1. The van der Waals surface area contributed by atoms with Crippen LogP contribution in [0.15, 0.2) is 41.2 Å². The average molecular weight is 352 g/mol. The van der Waals surface area contributed by atoms with Crippen LogP contribution < -0.4 is 10.9 Å². The lowest BCUT2D eigenvalue weighted by atomic mass is 9.93. The minimum absolute atomic E-state index is 0.0146. The highest BCUT2D eigenvalue weighted by Crippen LogP contribution is 2.44. The monoisotopic (exact) mass is 352 g/mol. The van der Waals surface area contributed by atoms with E-state index in [1.165, 1.54) is 11.6 Å². The molecule has 26 heavy (non-hydrogen) atoms. The number of amides is 1. The van der Waals surface area contributed by atoms with Gasteiger partial charge in [0.15, 0.2) is 0 Å². The molecule has 0 aliphatic carbocycles. The summed E-state index contributed by atoms with van der Waals surface area (Å²) < 4.78 is 0. The third kappa shape index (κ3) is 3.29. The van der Waals surface area contributed by atoms with Gasteiger partial charge >= 0.3 is 0 Å². The first kappa shape index (κ1) is 17.0. The standard InChI is InChI=1S/C20H24N4O2/c1-13-10-19(25)23-18(22-13)12-21-20(26)15-11-17(14-6-3-2-4-7-14)24-9-5-8-16(15)24/h2-4,6-7,10,15-17H,5,8-9,11-12H2,1H3,(H,21,26)(H,22,23,25)/t15-,16+,17-/m0/s1. The predicted octanol–water partition coefficient (Wildman–Crippen LogP) is 1.92. The molecule has 4 rings (SSSR count). The van der Waals surface area contributed by atoms with E-state index >= 15 is 0 Å². The van der Waals surface area contributed by atoms with Gasteiger partial charge in [0.2, 0.25) is 5.91 Å². The van der Waals surface area contributed by atoms with E-state index in [0.717, 1.165) is 25.8 Å². The summed E-state index contributed by atoms with van der Waals surface area (Å²) in [5, 5.41) is 2.98. The second kappa shape index (κ2) is 7.03. The molecule has 1 aromatic heterocycles. The van der Waals surface area contributed by atoms with E-state index in [1.54, 1.807) is 6.92 Å². The fraction of sp³-hybridized carbons (Fsp3) is 0.450. The fourth-order valence-corrected chi connectivity index (χ4v) is 4.48. The van der Waals surface area contributed by atoms with Gasteiger partial charge in [-0.05, 0) is 38.3 Å². The lowest BCUT2D eigenvalue weighted by Crippen LogP contribution is -2.37. The number of rotatable bonds is 4. The normalized spacial score (nSPS) is 25.2. The Morgan fingerprint density at radius 1 is 1.35 bits per heavy atom. The number of aryl methyl sites for hydroxylation is 1. The molecule has 136 valence electrons. The summed E-state index contributed by atoms with van der Waals surface area (Å²) in [6, 6.07) is 12.5. The molecule has 2 fully saturated rings. The number of fused-ring (bicyclic) bond motifs is 1. The minimum Gasteiger partial charge on any atom is -0.349 e. The number of H-pyrrole nitrogens is 1. The van der Waals surface area contributed by atoms with Crippen molar-refractivity contribution in [3.63, 3.8) is 0 Å². The third-order valence-corrected chi connectivity index (χ3v) is 5.55. The van der Waals surface area contributed by atoms with Gasteiger partial charge in [-0.25, -0.2) is 4.98 Å². The molecule has 1 amide bonds. The molecular formula is C20H24N4O2. The third-order valence-electron chi connectivity index (χ3n) is 5.55. The zero-order valence-electron chi connectivity index (χ0n) is 14.9. The van der Waals surface area contributed by atoms with Crippen molar-refractivity contribution >= 4 is 5.91 Å². The van der Waals surface area contributed by atoms with Crippen molar-refractivity contribution in [3.8, 4) is 0 Å². The first-order valence-corrected chi connectivity index (χ1v) is 9.27. The van der Waals surface area contributed by atoms with E-state index in [0.29, 0.717) is 23.6 Å². The highest BCUT2D eigenvalue weighted by molar-refractivity contribution is 5.80. The number of benzene rings is 1. The Balaban J connectivity index is 1.46. The Labute approximate surface area is 152 Å². The first-order chi connectivity index (χ1) is 12.6. The van der Waals surface area contributed by atoms with Crippen LogP contribution in [0.4, 0.5) is 0 Å². The molecule has 2 aliphatic heterocycles. The maximum absolute atomic E-state index is 12.9. The van der Waals surface area contributed by atoms with Crippen LogP contribution in [0, 0.1) is 12.8 Å². The Bertz CT molecular complexity index is 848. The van der Waals surface area contributed by atoms with Crippen LogP contribution in [0.5, 0.6) is 0 Å². The number of aromatic nitrogens is 2. The number of nitrogens with one attached hydrogen (secondary N) is 2. The quantitative estimate of drug-likeness (QED) is 0.881. The summed E-state index contributed by atoms with van der Waals surface area (Å²) in [7, 11) is 0. The molecule has 0 spiro atoms. The zero-order chi connectivity index (χ0) is 18.1. The van der Waals surface area contributed by atoms with Gasteiger partial charge < -0.3 is 10.3 Å². The number of nitrogens with zero attached hydrogens (tertiary/aromatic N) is 2. The Hall–Kier alpha value is -2.47. The molecule has 6 nitrogen and oxygen atoms in total. The summed E-state index contributed by atoms with van der Waals surface area (Å²) in [6.45, 7) is 3.09. The number of hydrogen-bond donors (Lipinski definition) is 2. The molecule has 0 saturated carbocycles. The minimum atomic E-state index is -0.186. The highest BCUT2D eigenvalue weighted by atomic mass is 16.2. The second-order valence-corrected chi connectivity index (χ2v) is 7.27. The van der Waals surface area contributed by atoms with E-state index in [1.807, 2.05) is 6.07 Å². The smallest absolute Gasteiger partial charge is 0.251 e. The van der Waals surface area contributed by atoms with Crippen molar-refractivity contribution in [1.82, 2.24) is 20.2 Å². The first-order valence-electron chi connectivity index (χ1n) is 9.27. The maximum atomic E-state index is 12.9. The van der Waals surface area contributed by atoms with E-state index < -0.39 is 0 Å². The molecule has 6 heteroatoms. The van der Waals surface area contributed by atoms with Gasteiger partial charge in [0, 0.05) is 23.8 Å². The van der Waals surface area contributed by atoms with Crippen LogP contribution in [-0.2, 0) is 11.3 Å². The Morgan fingerprint density at radius 2 is 2.15 bits per heavy atom. The van der Waals surface area contributed by atoms with Crippen LogP contribution in [0.2, 0.25) is 0 Å². The van der Waals surface area contributed by atoms with Crippen molar-refractivity contribution in [2.75, 3.05) is 6.54 Å². The molecule has 0 radical (unpaired) electrons. The molecule has 2 N–H and O–H groups in total. The molecule has 2 aliphatic rings. The zero-order valence-corrected chi connectivity index (χ0v) is 14.9. The van der Waals surface area contributed by atoms with Gasteiger partial charge in [0.05, 0.1) is 12.5 Å². The van der Waals surface area contributed by atoms with Crippen LogP contribution >= 0.6 is 0 Å². The van der Waals surface area contributed by atoms with E-state index in [2.05, 4.69) is 44.5 Å². The van der Waals surface area contributed by atoms with Crippen molar-refractivity contribution in [1.29, 1.82) is 0 Å². The van der Waals surface area contributed by atoms with E-state index in [-0.39, 0.29) is 23.9 Å². The average Bonchev–Trinajstić information content (AvgIpc) is 3.22. The fourth-order valence-electron chi connectivity index (χ4n) is 4.48. The van der Waals surface area contributed by atoms with Gasteiger partial charge in [-0.2, -0.15) is 0 Å². The van der Waals surface area contributed by atoms with Gasteiger partial charge in [-0.1, -0.05) is 30.3 Å². The van der Waals surface area contributed by atoms with Crippen LogP contribution in [-0.4, -0.2) is 33.4 Å². The highest BCUT2D eigenvalue weighted by Gasteiger charge is 2.46. The molecule has 2 aromatic rings. The molecular weight excluding hydrogens is 328 g/mol. The Kier molecular flexibility index (Phi) is 4.59. The van der Waals surface area contributed by atoms with Crippen LogP contribution in [0.1, 0.15) is 42.4 Å². The summed E-state index contributed by atoms with van der Waals surface area (Å²) in [5.41, 5.74) is 1.76. The summed E-state index contributed by atoms with van der Waals surface area (Å²) in [4.78, 5) is 33.9. The SMILES string of the molecule is Cc1cc(=O)[nH]c(CNC(=O)[C@H]2C[C@@H](c3ccccc3)N3CCC[C@H]23)n1. The topological polar surface area (TPSA) is 78.1 Å². The van der Waals surface area contributed by atoms with Crippen molar-refractivity contribution < 1.29 is 4.79 Å². The lowest BCUT2D eigenvalue weighted by molar-refractivity contribution is -0.125. The van der Waals surface area contributed by atoms with Gasteiger partial charge in [-0.3, -0.25) is 14.5 Å². The van der Waals surface area contributed by atoms with Gasteiger partial charge in [-0.15, -0.1) is 0 Å². The number of aromatic amines is 1. The number of carbonyl (C=O) groups excluding carboxylic acids is 1.